The van der Waals surface area contributed by atoms with Gasteiger partial charge in [0.25, 0.3) is 0 Å². The summed E-state index contributed by atoms with van der Waals surface area (Å²) in [6, 6.07) is 6.82. The molecule has 0 saturated carbocycles. The summed E-state index contributed by atoms with van der Waals surface area (Å²) in [5, 5.41) is 0.588. The summed E-state index contributed by atoms with van der Waals surface area (Å²) in [7, 11) is 3.13. The number of ketones is 1. The van der Waals surface area contributed by atoms with E-state index in [1.54, 1.807) is 38.5 Å². The van der Waals surface area contributed by atoms with E-state index >= 15 is 0 Å². The number of hydrogen-bond acceptors (Lipinski definition) is 6. The van der Waals surface area contributed by atoms with Crippen LogP contribution < -0.4 is 10.5 Å². The summed E-state index contributed by atoms with van der Waals surface area (Å²) in [5.41, 5.74) is 8.76. The molecule has 0 radical (unpaired) electrons. The molecule has 0 atom stereocenters. The molecule has 2 N–H and O–H groups in total. The highest BCUT2D eigenvalue weighted by Gasteiger charge is 2.25. The first-order valence-electron chi connectivity index (χ1n) is 7.52. The Bertz CT molecular complexity index is 965. The normalized spacial score (nSPS) is 11.0. The highest BCUT2D eigenvalue weighted by atomic mass is 79.9. The van der Waals surface area contributed by atoms with E-state index in [1.807, 2.05) is 6.92 Å². The Morgan fingerprint density at radius 2 is 2.12 bits per heavy atom. The van der Waals surface area contributed by atoms with Crippen LogP contribution in [0.1, 0.15) is 27.4 Å². The molecular formula is C18H17BrN2O4. The molecular weight excluding hydrogens is 388 g/mol. The van der Waals surface area contributed by atoms with Crippen molar-refractivity contribution in [3.8, 4) is 5.75 Å². The first-order chi connectivity index (χ1) is 12.0. The van der Waals surface area contributed by atoms with Gasteiger partial charge in [0.15, 0.2) is 0 Å². The molecule has 0 bridgehead atoms. The van der Waals surface area contributed by atoms with E-state index in [2.05, 4.69) is 20.9 Å². The minimum atomic E-state index is -0.327. The van der Waals surface area contributed by atoms with Crippen molar-refractivity contribution in [2.24, 2.45) is 0 Å². The van der Waals surface area contributed by atoms with Crippen LogP contribution in [-0.2, 0) is 11.3 Å². The zero-order valence-corrected chi connectivity index (χ0v) is 15.6. The third-order valence-electron chi connectivity index (χ3n) is 3.91. The zero-order valence-electron chi connectivity index (χ0n) is 14.1. The number of anilines is 1. The van der Waals surface area contributed by atoms with Gasteiger partial charge in [-0.25, -0.2) is 4.98 Å². The van der Waals surface area contributed by atoms with Crippen LogP contribution in [0.2, 0.25) is 0 Å². The molecule has 0 aliphatic heterocycles. The van der Waals surface area contributed by atoms with Crippen molar-refractivity contribution >= 4 is 38.5 Å². The maximum atomic E-state index is 12.8. The van der Waals surface area contributed by atoms with Crippen LogP contribution in [-0.4, -0.2) is 25.0 Å². The molecule has 2 heterocycles. The Morgan fingerprint density at radius 1 is 1.36 bits per heavy atom. The molecule has 6 nitrogen and oxygen atoms in total. The van der Waals surface area contributed by atoms with Crippen molar-refractivity contribution in [2.75, 3.05) is 20.0 Å². The van der Waals surface area contributed by atoms with Gasteiger partial charge >= 0.3 is 0 Å². The fourth-order valence-electron chi connectivity index (χ4n) is 2.68. The van der Waals surface area contributed by atoms with Gasteiger partial charge in [-0.2, -0.15) is 0 Å². The number of carbonyl (C=O) groups is 1. The fraction of sp³-hybridized carbons (Fsp3) is 0.222. The molecule has 0 aliphatic carbocycles. The Morgan fingerprint density at radius 3 is 2.80 bits per heavy atom. The van der Waals surface area contributed by atoms with E-state index in [1.165, 1.54) is 0 Å². The second kappa shape index (κ2) is 6.85. The predicted molar refractivity (Wildman–Crippen MR) is 98.0 cm³/mol. The minimum Gasteiger partial charge on any atom is -0.497 e. The molecule has 25 heavy (non-hydrogen) atoms. The lowest BCUT2D eigenvalue weighted by Crippen LogP contribution is -2.04. The van der Waals surface area contributed by atoms with Gasteiger partial charge in [-0.15, -0.1) is 0 Å². The predicted octanol–water partition coefficient (Wildman–Crippen LogP) is 3.87. The van der Waals surface area contributed by atoms with Gasteiger partial charge in [0.1, 0.15) is 5.75 Å². The van der Waals surface area contributed by atoms with Crippen LogP contribution in [0.3, 0.4) is 0 Å². The number of aryl methyl sites for hydroxylation is 1. The van der Waals surface area contributed by atoms with Crippen molar-refractivity contribution < 1.29 is 18.7 Å². The number of ether oxygens (including phenoxy) is 2. The van der Waals surface area contributed by atoms with Crippen LogP contribution in [0.15, 0.2) is 33.2 Å². The lowest BCUT2D eigenvalue weighted by atomic mass is 10.1. The molecule has 0 fully saturated rings. The molecule has 0 saturated heterocycles. The molecule has 0 aliphatic rings. The largest absolute Gasteiger partial charge is 0.497 e. The summed E-state index contributed by atoms with van der Waals surface area (Å²) in [6.07, 6.45) is 0. The molecule has 2 aromatic heterocycles. The van der Waals surface area contributed by atoms with Crippen LogP contribution >= 0.6 is 15.9 Å². The number of hydrogen-bond donors (Lipinski definition) is 1. The van der Waals surface area contributed by atoms with E-state index in [0.29, 0.717) is 29.0 Å². The second-order valence-corrected chi connectivity index (χ2v) is 6.30. The van der Waals surface area contributed by atoms with E-state index < -0.39 is 0 Å². The van der Waals surface area contributed by atoms with Crippen molar-refractivity contribution in [3.05, 3.63) is 51.3 Å². The molecule has 1 aromatic carbocycles. The zero-order chi connectivity index (χ0) is 18.1. The average molecular weight is 405 g/mol. The fourth-order valence-corrected chi connectivity index (χ4v) is 3.08. The van der Waals surface area contributed by atoms with E-state index in [-0.39, 0.29) is 17.2 Å². The summed E-state index contributed by atoms with van der Waals surface area (Å²) in [4.78, 5) is 17.2. The molecule has 7 heteroatoms. The quantitative estimate of drug-likeness (QED) is 0.649. The monoisotopic (exact) mass is 404 g/mol. The average Bonchev–Trinajstić information content (AvgIpc) is 2.94. The minimum absolute atomic E-state index is 0.0607. The number of rotatable bonds is 5. The highest BCUT2D eigenvalue weighted by molar-refractivity contribution is 9.10. The number of benzene rings is 1. The maximum Gasteiger partial charge on any atom is 0.230 e. The number of aromatic nitrogens is 1. The van der Waals surface area contributed by atoms with Gasteiger partial charge in [-0.05, 0) is 35.0 Å². The maximum absolute atomic E-state index is 12.8. The molecule has 3 aromatic rings. The van der Waals surface area contributed by atoms with Crippen LogP contribution in [0.25, 0.3) is 11.1 Å². The van der Waals surface area contributed by atoms with Gasteiger partial charge in [0.2, 0.25) is 17.3 Å². The number of methoxy groups -OCH3 is 2. The van der Waals surface area contributed by atoms with Gasteiger partial charge in [-0.1, -0.05) is 12.1 Å². The molecule has 0 unspecified atom stereocenters. The van der Waals surface area contributed by atoms with Crippen molar-refractivity contribution in [2.45, 2.75) is 13.5 Å². The topological polar surface area (TPSA) is 87.6 Å². The van der Waals surface area contributed by atoms with Crippen molar-refractivity contribution in [3.63, 3.8) is 0 Å². The van der Waals surface area contributed by atoms with Crippen molar-refractivity contribution in [1.29, 1.82) is 0 Å². The summed E-state index contributed by atoms with van der Waals surface area (Å²) in [6.45, 7) is 2.15. The third-order valence-corrected chi connectivity index (χ3v) is 4.96. The Labute approximate surface area is 153 Å². The summed E-state index contributed by atoms with van der Waals surface area (Å²) >= 11 is 3.51. The van der Waals surface area contributed by atoms with Crippen LogP contribution in [0.5, 0.6) is 5.75 Å². The Kier molecular flexibility index (Phi) is 4.78. The number of pyridine rings is 1. The molecule has 0 spiro atoms. The van der Waals surface area contributed by atoms with Gasteiger partial charge in [0.05, 0.1) is 30.5 Å². The van der Waals surface area contributed by atoms with E-state index in [4.69, 9.17) is 19.6 Å². The van der Waals surface area contributed by atoms with Crippen LogP contribution in [0.4, 0.5) is 5.69 Å². The Hall–Kier alpha value is -2.38. The lowest BCUT2D eigenvalue weighted by molar-refractivity contribution is 0.101. The number of halogens is 1. The molecule has 130 valence electrons. The van der Waals surface area contributed by atoms with Gasteiger partial charge in [0, 0.05) is 22.7 Å². The number of furan rings is 1. The van der Waals surface area contributed by atoms with Gasteiger partial charge in [-0.3, -0.25) is 4.79 Å². The first kappa shape index (κ1) is 17.4. The van der Waals surface area contributed by atoms with Gasteiger partial charge < -0.3 is 19.6 Å². The second-order valence-electron chi connectivity index (χ2n) is 5.51. The number of nitrogens with two attached hydrogens (primary N) is 1. The first-order valence-corrected chi connectivity index (χ1v) is 8.31. The molecule has 0 amide bonds. The highest BCUT2D eigenvalue weighted by Crippen LogP contribution is 2.36. The smallest absolute Gasteiger partial charge is 0.230 e. The number of carbonyl (C=O) groups excluding carboxylic acids is 1. The van der Waals surface area contributed by atoms with E-state index in [9.17, 15) is 4.79 Å². The molecule has 3 rings (SSSR count). The Balaban J connectivity index is 2.19. The van der Waals surface area contributed by atoms with E-state index in [0.717, 1.165) is 15.7 Å². The van der Waals surface area contributed by atoms with Crippen molar-refractivity contribution in [1.82, 2.24) is 4.98 Å². The number of fused-ring (bicyclic) bond motifs is 1. The van der Waals surface area contributed by atoms with Crippen LogP contribution in [0, 0.1) is 6.92 Å². The lowest BCUT2D eigenvalue weighted by Gasteiger charge is -2.07. The number of nitrogen functional groups attached to an aromatic ring is 1. The summed E-state index contributed by atoms with van der Waals surface area (Å²) < 4.78 is 16.9. The standard InChI is InChI=1S/C18H17BrN2O4/c1-9-14(19)12(8-23-2)13-15(20)17(25-18(13)21-9)16(22)10-5-4-6-11(7-10)24-3/h4-7H,8,20H2,1-3H3. The summed E-state index contributed by atoms with van der Waals surface area (Å²) in [5.74, 6) is 0.314. The third kappa shape index (κ3) is 3.01. The number of nitrogens with zero attached hydrogens (tertiary/aromatic N) is 1. The SMILES string of the molecule is COCc1c(Br)c(C)nc2oc(C(=O)c3cccc(OC)c3)c(N)c12.